The Morgan fingerprint density at radius 1 is 1.33 bits per heavy atom. The third-order valence-corrected chi connectivity index (χ3v) is 3.72. The van der Waals surface area contributed by atoms with Crippen LogP contribution in [0.4, 0.5) is 0 Å². The van der Waals surface area contributed by atoms with E-state index in [0.717, 1.165) is 24.4 Å². The van der Waals surface area contributed by atoms with Gasteiger partial charge in [0.25, 0.3) is 0 Å². The Kier molecular flexibility index (Phi) is 4.94. The van der Waals surface area contributed by atoms with E-state index in [9.17, 15) is 4.79 Å². The molecule has 0 radical (unpaired) electrons. The van der Waals surface area contributed by atoms with Crippen molar-refractivity contribution < 1.29 is 4.79 Å². The molecule has 98 valence electrons. The van der Waals surface area contributed by atoms with Crippen molar-refractivity contribution >= 4 is 5.78 Å². The maximum Gasteiger partial charge on any atom is 0.162 e. The third-order valence-electron chi connectivity index (χ3n) is 3.72. The van der Waals surface area contributed by atoms with Gasteiger partial charge in [0.15, 0.2) is 5.78 Å². The zero-order valence-corrected chi connectivity index (χ0v) is 11.3. The van der Waals surface area contributed by atoms with Crippen LogP contribution in [0.5, 0.6) is 0 Å². The summed E-state index contributed by atoms with van der Waals surface area (Å²) in [6.45, 7) is 5.81. The van der Waals surface area contributed by atoms with E-state index in [-0.39, 0.29) is 5.78 Å². The molecule has 1 aromatic rings. The summed E-state index contributed by atoms with van der Waals surface area (Å²) in [4.78, 5) is 14.4. The molecule has 0 N–H and O–H groups in total. The maximum absolute atomic E-state index is 11.9. The Hall–Kier alpha value is -1.15. The van der Waals surface area contributed by atoms with E-state index in [0.29, 0.717) is 6.42 Å². The van der Waals surface area contributed by atoms with Crippen LogP contribution >= 0.6 is 0 Å². The molecule has 1 heterocycles. The molecule has 2 heteroatoms. The second-order valence-electron chi connectivity index (χ2n) is 5.44. The molecular weight excluding hydrogens is 222 g/mol. The number of benzene rings is 1. The maximum atomic E-state index is 11.9. The van der Waals surface area contributed by atoms with Crippen LogP contribution in [0.15, 0.2) is 30.3 Å². The van der Waals surface area contributed by atoms with Crippen LogP contribution in [-0.2, 0) is 0 Å². The molecule has 1 saturated heterocycles. The van der Waals surface area contributed by atoms with Crippen molar-refractivity contribution in [3.05, 3.63) is 35.9 Å². The average Bonchev–Trinajstić information content (AvgIpc) is 2.40. The fourth-order valence-electron chi connectivity index (χ4n) is 2.72. The molecule has 1 aromatic carbocycles. The molecule has 1 atom stereocenters. The van der Waals surface area contributed by atoms with Crippen molar-refractivity contribution in [3.63, 3.8) is 0 Å². The zero-order chi connectivity index (χ0) is 12.8. The number of hydrogen-bond donors (Lipinski definition) is 0. The van der Waals surface area contributed by atoms with Crippen LogP contribution in [0.3, 0.4) is 0 Å². The van der Waals surface area contributed by atoms with Gasteiger partial charge in [-0.1, -0.05) is 37.3 Å². The van der Waals surface area contributed by atoms with Gasteiger partial charge in [-0.25, -0.2) is 0 Å². The average molecular weight is 245 g/mol. The Morgan fingerprint density at radius 2 is 2.11 bits per heavy atom. The van der Waals surface area contributed by atoms with E-state index in [1.54, 1.807) is 0 Å². The molecule has 0 aliphatic carbocycles. The minimum Gasteiger partial charge on any atom is -0.303 e. The molecule has 0 amide bonds. The van der Waals surface area contributed by atoms with Crippen molar-refractivity contribution in [1.82, 2.24) is 4.90 Å². The third kappa shape index (κ3) is 3.95. The van der Waals surface area contributed by atoms with Gasteiger partial charge in [0.05, 0.1) is 0 Å². The molecule has 2 rings (SSSR count). The molecule has 0 saturated carbocycles. The van der Waals surface area contributed by atoms with E-state index in [1.807, 2.05) is 30.3 Å². The monoisotopic (exact) mass is 245 g/mol. The number of nitrogens with zero attached hydrogens (tertiary/aromatic N) is 1. The van der Waals surface area contributed by atoms with Crippen LogP contribution in [0.25, 0.3) is 0 Å². The minimum atomic E-state index is 0.278. The van der Waals surface area contributed by atoms with Gasteiger partial charge < -0.3 is 4.90 Å². The second kappa shape index (κ2) is 6.69. The SMILES string of the molecule is CC1CCCN(CCCC(=O)c2ccccc2)C1. The fraction of sp³-hybridized carbons (Fsp3) is 0.562. The van der Waals surface area contributed by atoms with Crippen LogP contribution in [-0.4, -0.2) is 30.3 Å². The van der Waals surface area contributed by atoms with Crippen LogP contribution < -0.4 is 0 Å². The molecule has 1 fully saturated rings. The summed E-state index contributed by atoms with van der Waals surface area (Å²) in [5.74, 6) is 1.10. The summed E-state index contributed by atoms with van der Waals surface area (Å²) < 4.78 is 0. The van der Waals surface area contributed by atoms with Gasteiger partial charge in [-0.15, -0.1) is 0 Å². The molecule has 0 bridgehead atoms. The lowest BCUT2D eigenvalue weighted by atomic mass is 10.00. The number of rotatable bonds is 5. The molecule has 2 nitrogen and oxygen atoms in total. The van der Waals surface area contributed by atoms with Crippen molar-refractivity contribution in [1.29, 1.82) is 0 Å². The second-order valence-corrected chi connectivity index (χ2v) is 5.44. The standard InChI is InChI=1S/C16H23NO/c1-14-7-5-11-17(13-14)12-6-10-16(18)15-8-3-2-4-9-15/h2-4,8-9,14H,5-7,10-13H2,1H3. The lowest BCUT2D eigenvalue weighted by molar-refractivity contribution is 0.0970. The number of carbonyl (C=O) groups is 1. The topological polar surface area (TPSA) is 20.3 Å². The summed E-state index contributed by atoms with van der Waals surface area (Å²) in [6.07, 6.45) is 4.34. The number of Topliss-reactive ketones (excluding diaryl/α,β-unsaturated/α-hetero) is 1. The lowest BCUT2D eigenvalue weighted by Crippen LogP contribution is -2.35. The van der Waals surface area contributed by atoms with Gasteiger partial charge in [0, 0.05) is 18.5 Å². The van der Waals surface area contributed by atoms with Crippen LogP contribution in [0, 0.1) is 5.92 Å². The highest BCUT2D eigenvalue weighted by atomic mass is 16.1. The van der Waals surface area contributed by atoms with Crippen molar-refractivity contribution in [2.24, 2.45) is 5.92 Å². The highest BCUT2D eigenvalue weighted by molar-refractivity contribution is 5.95. The summed E-state index contributed by atoms with van der Waals surface area (Å²) in [7, 11) is 0. The minimum absolute atomic E-state index is 0.278. The van der Waals surface area contributed by atoms with Crippen molar-refractivity contribution in [2.75, 3.05) is 19.6 Å². The number of hydrogen-bond acceptors (Lipinski definition) is 2. The van der Waals surface area contributed by atoms with E-state index < -0.39 is 0 Å². The normalized spacial score (nSPS) is 20.8. The smallest absolute Gasteiger partial charge is 0.162 e. The molecule has 0 aromatic heterocycles. The van der Waals surface area contributed by atoms with Crippen molar-refractivity contribution in [3.8, 4) is 0 Å². The summed E-state index contributed by atoms with van der Waals surface area (Å²) in [6, 6.07) is 9.63. The van der Waals surface area contributed by atoms with Crippen LogP contribution in [0.1, 0.15) is 43.0 Å². The van der Waals surface area contributed by atoms with Crippen molar-refractivity contribution in [2.45, 2.75) is 32.6 Å². The van der Waals surface area contributed by atoms with Gasteiger partial charge in [0.2, 0.25) is 0 Å². The first-order valence-corrected chi connectivity index (χ1v) is 7.06. The Labute approximate surface area is 110 Å². The number of ketones is 1. The molecule has 18 heavy (non-hydrogen) atoms. The number of piperidine rings is 1. The first kappa shape index (κ1) is 13.3. The first-order chi connectivity index (χ1) is 8.75. The summed E-state index contributed by atoms with van der Waals surface area (Å²) >= 11 is 0. The van der Waals surface area contributed by atoms with E-state index in [4.69, 9.17) is 0 Å². The van der Waals surface area contributed by atoms with Gasteiger partial charge in [0.1, 0.15) is 0 Å². The lowest BCUT2D eigenvalue weighted by Gasteiger charge is -2.30. The predicted octanol–water partition coefficient (Wildman–Crippen LogP) is 3.38. The number of carbonyl (C=O) groups excluding carboxylic acids is 1. The molecule has 1 aliphatic heterocycles. The van der Waals surface area contributed by atoms with Crippen LogP contribution in [0.2, 0.25) is 0 Å². The van der Waals surface area contributed by atoms with E-state index in [1.165, 1.54) is 25.9 Å². The molecule has 1 aliphatic rings. The highest BCUT2D eigenvalue weighted by Crippen LogP contribution is 2.16. The van der Waals surface area contributed by atoms with Gasteiger partial charge in [-0.2, -0.15) is 0 Å². The quantitative estimate of drug-likeness (QED) is 0.741. The predicted molar refractivity (Wildman–Crippen MR) is 74.8 cm³/mol. The Bertz CT molecular complexity index is 374. The molecule has 0 spiro atoms. The zero-order valence-electron chi connectivity index (χ0n) is 11.3. The van der Waals surface area contributed by atoms with E-state index in [2.05, 4.69) is 11.8 Å². The number of likely N-dealkylation sites (tertiary alicyclic amines) is 1. The van der Waals surface area contributed by atoms with Gasteiger partial charge in [-0.05, 0) is 38.3 Å². The summed E-state index contributed by atoms with van der Waals surface area (Å²) in [5, 5.41) is 0. The van der Waals surface area contributed by atoms with Gasteiger partial charge >= 0.3 is 0 Å². The largest absolute Gasteiger partial charge is 0.303 e. The fourth-order valence-corrected chi connectivity index (χ4v) is 2.72. The summed E-state index contributed by atoms with van der Waals surface area (Å²) in [5.41, 5.74) is 0.851. The Morgan fingerprint density at radius 3 is 2.83 bits per heavy atom. The molecular formula is C16H23NO. The Balaban J connectivity index is 1.70. The van der Waals surface area contributed by atoms with E-state index >= 15 is 0 Å². The highest BCUT2D eigenvalue weighted by Gasteiger charge is 2.16. The van der Waals surface area contributed by atoms with Gasteiger partial charge in [-0.3, -0.25) is 4.79 Å². The first-order valence-electron chi connectivity index (χ1n) is 7.06. The molecule has 1 unspecified atom stereocenters.